The largest absolute Gasteiger partial charge is 0.451 e. The number of aryl methyl sites for hydroxylation is 2. The Labute approximate surface area is 148 Å². The third-order valence-electron chi connectivity index (χ3n) is 3.16. The van der Waals surface area contributed by atoms with Gasteiger partial charge in [0.2, 0.25) is 0 Å². The van der Waals surface area contributed by atoms with Gasteiger partial charge in [0.25, 0.3) is 5.91 Å². The molecule has 0 aliphatic heterocycles. The fourth-order valence-corrected chi connectivity index (χ4v) is 3.32. The molecule has 0 atom stereocenters. The number of ether oxygens (including phenoxy) is 1. The second-order valence-electron chi connectivity index (χ2n) is 4.77. The topological polar surface area (TPSA) is 55.4 Å². The third-order valence-corrected chi connectivity index (χ3v) is 5.05. The molecule has 0 spiro atoms. The van der Waals surface area contributed by atoms with Gasteiger partial charge in [-0.05, 0) is 37.1 Å². The summed E-state index contributed by atoms with van der Waals surface area (Å²) in [5.41, 5.74) is 1.48. The quantitative estimate of drug-likeness (QED) is 0.773. The van der Waals surface area contributed by atoms with Crippen molar-refractivity contribution in [1.82, 2.24) is 0 Å². The van der Waals surface area contributed by atoms with Crippen molar-refractivity contribution < 1.29 is 14.3 Å². The molecule has 0 fully saturated rings. The zero-order chi connectivity index (χ0) is 17.0. The van der Waals surface area contributed by atoms with E-state index < -0.39 is 11.9 Å². The maximum absolute atomic E-state index is 12.0. The van der Waals surface area contributed by atoms with Crippen LogP contribution in [0.3, 0.4) is 0 Å². The van der Waals surface area contributed by atoms with Crippen molar-refractivity contribution >= 4 is 52.1 Å². The van der Waals surface area contributed by atoms with Gasteiger partial charge in [-0.2, -0.15) is 0 Å². The van der Waals surface area contributed by atoms with Crippen molar-refractivity contribution in [2.45, 2.75) is 20.3 Å². The van der Waals surface area contributed by atoms with E-state index in [4.69, 9.17) is 27.9 Å². The van der Waals surface area contributed by atoms with Gasteiger partial charge in [-0.15, -0.1) is 11.3 Å². The average molecular weight is 372 g/mol. The molecule has 0 aliphatic carbocycles. The second kappa shape index (κ2) is 7.81. The summed E-state index contributed by atoms with van der Waals surface area (Å²) in [6.07, 6.45) is 0.851. The van der Waals surface area contributed by atoms with E-state index >= 15 is 0 Å². The van der Waals surface area contributed by atoms with Gasteiger partial charge in [-0.3, -0.25) is 4.79 Å². The van der Waals surface area contributed by atoms with Crippen LogP contribution in [0.25, 0.3) is 0 Å². The molecule has 1 amide bonds. The summed E-state index contributed by atoms with van der Waals surface area (Å²) in [6.45, 7) is 3.58. The highest BCUT2D eigenvalue weighted by atomic mass is 35.5. The van der Waals surface area contributed by atoms with Crippen LogP contribution in [0, 0.1) is 6.92 Å². The lowest BCUT2D eigenvalue weighted by atomic mass is 10.2. The number of nitrogens with one attached hydrogen (secondary N) is 1. The van der Waals surface area contributed by atoms with E-state index in [1.807, 2.05) is 13.8 Å². The number of halogens is 2. The molecule has 2 aromatic rings. The molecule has 0 radical (unpaired) electrons. The Bertz CT molecular complexity index is 743. The lowest BCUT2D eigenvalue weighted by Gasteiger charge is -2.08. The number of anilines is 1. The van der Waals surface area contributed by atoms with Crippen molar-refractivity contribution in [2.24, 2.45) is 0 Å². The van der Waals surface area contributed by atoms with Crippen LogP contribution in [0.2, 0.25) is 10.0 Å². The van der Waals surface area contributed by atoms with E-state index in [0.29, 0.717) is 15.6 Å². The molecule has 23 heavy (non-hydrogen) atoms. The van der Waals surface area contributed by atoms with Gasteiger partial charge in [-0.1, -0.05) is 36.2 Å². The number of carbonyl (C=O) groups is 2. The average Bonchev–Trinajstić information content (AvgIpc) is 2.90. The Kier molecular flexibility index (Phi) is 6.04. The van der Waals surface area contributed by atoms with Gasteiger partial charge in [0.05, 0.1) is 15.7 Å². The summed E-state index contributed by atoms with van der Waals surface area (Å²) in [5.74, 6) is -0.989. The monoisotopic (exact) mass is 371 g/mol. The van der Waals surface area contributed by atoms with Crippen LogP contribution in [0.5, 0.6) is 0 Å². The standard InChI is InChI=1S/C16H15Cl2NO3S/c1-3-10-7-13(23-9(10)2)16(21)22-8-14(20)19-12-6-4-5-11(17)15(12)18/h4-7H,3,8H2,1-2H3,(H,19,20). The molecule has 0 saturated heterocycles. The molecule has 1 heterocycles. The van der Waals surface area contributed by atoms with Crippen LogP contribution >= 0.6 is 34.5 Å². The van der Waals surface area contributed by atoms with Crippen molar-refractivity contribution in [3.63, 3.8) is 0 Å². The zero-order valence-electron chi connectivity index (χ0n) is 12.6. The Morgan fingerprint density at radius 2 is 2.04 bits per heavy atom. The lowest BCUT2D eigenvalue weighted by molar-refractivity contribution is -0.119. The van der Waals surface area contributed by atoms with Gasteiger partial charge >= 0.3 is 5.97 Å². The minimum Gasteiger partial charge on any atom is -0.451 e. The van der Waals surface area contributed by atoms with Crippen LogP contribution in [0.15, 0.2) is 24.3 Å². The predicted octanol–water partition coefficient (Wildman–Crippen LogP) is 4.72. The van der Waals surface area contributed by atoms with Crippen molar-refractivity contribution in [3.05, 3.63) is 49.6 Å². The molecular formula is C16H15Cl2NO3S. The van der Waals surface area contributed by atoms with E-state index in [9.17, 15) is 9.59 Å². The second-order valence-corrected chi connectivity index (χ2v) is 6.81. The number of esters is 1. The Hall–Kier alpha value is -1.56. The van der Waals surface area contributed by atoms with Gasteiger partial charge in [-0.25, -0.2) is 4.79 Å². The number of rotatable bonds is 5. The summed E-state index contributed by atoms with van der Waals surface area (Å²) in [4.78, 5) is 25.4. The van der Waals surface area contributed by atoms with Gasteiger partial charge in [0.15, 0.2) is 6.61 Å². The molecule has 1 aromatic carbocycles. The predicted molar refractivity (Wildman–Crippen MR) is 93.8 cm³/mol. The van der Waals surface area contributed by atoms with E-state index in [1.165, 1.54) is 11.3 Å². The summed E-state index contributed by atoms with van der Waals surface area (Å²) < 4.78 is 5.03. The number of amides is 1. The lowest BCUT2D eigenvalue weighted by Crippen LogP contribution is -2.20. The minimum atomic E-state index is -0.509. The van der Waals surface area contributed by atoms with Crippen LogP contribution < -0.4 is 5.32 Å². The third kappa shape index (κ3) is 4.47. The number of hydrogen-bond acceptors (Lipinski definition) is 4. The molecule has 1 N–H and O–H groups in total. The summed E-state index contributed by atoms with van der Waals surface area (Å²) in [5, 5.41) is 3.14. The van der Waals surface area contributed by atoms with E-state index in [1.54, 1.807) is 24.3 Å². The summed E-state index contributed by atoms with van der Waals surface area (Å²) in [6, 6.07) is 6.69. The highest BCUT2D eigenvalue weighted by molar-refractivity contribution is 7.14. The first-order valence-electron chi connectivity index (χ1n) is 6.92. The molecule has 7 heteroatoms. The van der Waals surface area contributed by atoms with Crippen molar-refractivity contribution in [2.75, 3.05) is 11.9 Å². The first-order chi connectivity index (χ1) is 10.9. The number of thiophene rings is 1. The van der Waals surface area contributed by atoms with Crippen LogP contribution in [-0.2, 0) is 16.0 Å². The molecule has 0 unspecified atom stereocenters. The summed E-state index contributed by atoms with van der Waals surface area (Å²) in [7, 11) is 0. The van der Waals surface area contributed by atoms with Gasteiger partial charge in [0.1, 0.15) is 4.88 Å². The smallest absolute Gasteiger partial charge is 0.348 e. The van der Waals surface area contributed by atoms with Crippen LogP contribution in [-0.4, -0.2) is 18.5 Å². The van der Waals surface area contributed by atoms with E-state index in [2.05, 4.69) is 5.32 Å². The molecular weight excluding hydrogens is 357 g/mol. The minimum absolute atomic E-state index is 0.246. The van der Waals surface area contributed by atoms with Crippen LogP contribution in [0.1, 0.15) is 27.0 Å². The maximum Gasteiger partial charge on any atom is 0.348 e. The van der Waals surface area contributed by atoms with Gasteiger partial charge < -0.3 is 10.1 Å². The molecule has 0 saturated carbocycles. The normalized spacial score (nSPS) is 10.4. The fourth-order valence-electron chi connectivity index (χ4n) is 1.96. The van der Waals surface area contributed by atoms with Crippen LogP contribution in [0.4, 0.5) is 5.69 Å². The Morgan fingerprint density at radius 3 is 2.70 bits per heavy atom. The number of carbonyl (C=O) groups excluding carboxylic acids is 2. The van der Waals surface area contributed by atoms with Crippen molar-refractivity contribution in [1.29, 1.82) is 0 Å². The zero-order valence-corrected chi connectivity index (χ0v) is 14.9. The molecule has 0 bridgehead atoms. The summed E-state index contributed by atoms with van der Waals surface area (Å²) >= 11 is 13.2. The van der Waals surface area contributed by atoms with E-state index in [-0.39, 0.29) is 11.6 Å². The SMILES string of the molecule is CCc1cc(C(=O)OCC(=O)Nc2cccc(Cl)c2Cl)sc1C. The highest BCUT2D eigenvalue weighted by Crippen LogP contribution is 2.29. The first kappa shape index (κ1) is 17.8. The molecule has 4 nitrogen and oxygen atoms in total. The first-order valence-corrected chi connectivity index (χ1v) is 8.50. The van der Waals surface area contributed by atoms with Crippen molar-refractivity contribution in [3.8, 4) is 0 Å². The Morgan fingerprint density at radius 1 is 1.30 bits per heavy atom. The highest BCUT2D eigenvalue weighted by Gasteiger charge is 2.15. The van der Waals surface area contributed by atoms with Gasteiger partial charge in [0, 0.05) is 4.88 Å². The fraction of sp³-hybridized carbons (Fsp3) is 0.250. The molecule has 0 aliphatic rings. The van der Waals surface area contributed by atoms with E-state index in [0.717, 1.165) is 16.9 Å². The molecule has 2 rings (SSSR count). The number of benzene rings is 1. The molecule has 122 valence electrons. The maximum atomic E-state index is 12.0. The number of hydrogen-bond donors (Lipinski definition) is 1. The Balaban J connectivity index is 1.93. The molecule has 1 aromatic heterocycles.